The zero-order valence-electron chi connectivity index (χ0n) is 12.9. The van der Waals surface area contributed by atoms with Crippen LogP contribution < -0.4 is 5.32 Å². The molecular weight excluding hydrogens is 296 g/mol. The van der Waals surface area contributed by atoms with Crippen LogP contribution in [0, 0.1) is 6.92 Å². The average Bonchev–Trinajstić information content (AvgIpc) is 2.90. The van der Waals surface area contributed by atoms with Crippen molar-refractivity contribution in [1.29, 1.82) is 0 Å². The fraction of sp³-hybridized carbons (Fsp3) is 0.625. The molecule has 2 fully saturated rings. The van der Waals surface area contributed by atoms with Gasteiger partial charge in [0.15, 0.2) is 0 Å². The summed E-state index contributed by atoms with van der Waals surface area (Å²) in [6, 6.07) is 1.34. The Hall–Kier alpha value is -1.24. The summed E-state index contributed by atoms with van der Waals surface area (Å²) in [6.45, 7) is 6.17. The maximum Gasteiger partial charge on any atom is 0.138 e. The number of likely N-dealkylation sites (tertiary alicyclic amines) is 1. The molecule has 0 bridgehead atoms. The summed E-state index contributed by atoms with van der Waals surface area (Å²) in [4.78, 5) is 12.5. The van der Waals surface area contributed by atoms with Gasteiger partial charge in [-0.15, -0.1) is 11.3 Å². The number of nitrogens with zero attached hydrogens (tertiary/aromatic N) is 3. The summed E-state index contributed by atoms with van der Waals surface area (Å²) in [5.41, 5.74) is 1.26. The minimum atomic E-state index is 0.632. The second-order valence-corrected chi connectivity index (χ2v) is 7.08. The van der Waals surface area contributed by atoms with Crippen LogP contribution in [0.1, 0.15) is 24.8 Å². The second-order valence-electron chi connectivity index (χ2n) is 6.23. The highest BCUT2D eigenvalue weighted by Crippen LogP contribution is 2.30. The van der Waals surface area contributed by atoms with Gasteiger partial charge < -0.3 is 10.1 Å². The topological polar surface area (TPSA) is 50.3 Å². The van der Waals surface area contributed by atoms with Crippen molar-refractivity contribution in [3.8, 4) is 0 Å². The van der Waals surface area contributed by atoms with Crippen LogP contribution in [0.3, 0.4) is 0 Å². The van der Waals surface area contributed by atoms with Gasteiger partial charge in [0, 0.05) is 38.4 Å². The highest BCUT2D eigenvalue weighted by molar-refractivity contribution is 7.17. The summed E-state index contributed by atoms with van der Waals surface area (Å²) in [6.07, 6.45) is 5.30. The summed E-state index contributed by atoms with van der Waals surface area (Å²) < 4.78 is 5.48. The highest BCUT2D eigenvalue weighted by Gasteiger charge is 2.34. The van der Waals surface area contributed by atoms with Crippen molar-refractivity contribution in [2.45, 2.75) is 38.3 Å². The van der Waals surface area contributed by atoms with Crippen molar-refractivity contribution >= 4 is 27.4 Å². The molecule has 1 N–H and O–H groups in total. The predicted molar refractivity (Wildman–Crippen MR) is 89.6 cm³/mol. The third-order valence-electron chi connectivity index (χ3n) is 4.91. The fourth-order valence-corrected chi connectivity index (χ4v) is 4.43. The van der Waals surface area contributed by atoms with Gasteiger partial charge in [-0.1, -0.05) is 0 Å². The number of ether oxygens (including phenoxy) is 1. The Morgan fingerprint density at radius 3 is 2.95 bits per heavy atom. The van der Waals surface area contributed by atoms with Gasteiger partial charge in [-0.3, -0.25) is 4.90 Å². The molecule has 2 aliphatic rings. The van der Waals surface area contributed by atoms with Crippen LogP contribution in [-0.4, -0.2) is 53.3 Å². The molecular formula is C16H22N4OS. The Kier molecular flexibility index (Phi) is 3.98. The molecule has 2 saturated heterocycles. The zero-order chi connectivity index (χ0) is 14.9. The summed E-state index contributed by atoms with van der Waals surface area (Å²) in [5.74, 6) is 0.988. The van der Waals surface area contributed by atoms with E-state index in [2.05, 4.69) is 32.5 Å². The van der Waals surface area contributed by atoms with E-state index in [1.165, 1.54) is 36.8 Å². The van der Waals surface area contributed by atoms with Crippen molar-refractivity contribution in [2.75, 3.05) is 31.6 Å². The van der Waals surface area contributed by atoms with Crippen LogP contribution in [0.4, 0.5) is 5.82 Å². The first-order chi connectivity index (χ1) is 10.8. The molecule has 4 heterocycles. The molecule has 0 saturated carbocycles. The number of thiophene rings is 1. The highest BCUT2D eigenvalue weighted by atomic mass is 32.1. The monoisotopic (exact) mass is 318 g/mol. The van der Waals surface area contributed by atoms with Crippen LogP contribution in [0.15, 0.2) is 11.7 Å². The lowest BCUT2D eigenvalue weighted by atomic mass is 9.95. The third-order valence-corrected chi connectivity index (χ3v) is 5.91. The number of aryl methyl sites for hydroxylation is 1. The lowest BCUT2D eigenvalue weighted by molar-refractivity contribution is -0.0189. The van der Waals surface area contributed by atoms with E-state index in [0.717, 1.165) is 30.4 Å². The Balaban J connectivity index is 1.42. The van der Waals surface area contributed by atoms with Crippen molar-refractivity contribution < 1.29 is 4.74 Å². The quantitative estimate of drug-likeness (QED) is 0.939. The zero-order valence-corrected chi connectivity index (χ0v) is 13.7. The summed E-state index contributed by atoms with van der Waals surface area (Å²) >= 11 is 1.69. The first-order valence-corrected chi connectivity index (χ1v) is 8.97. The van der Waals surface area contributed by atoms with Crippen LogP contribution in [0.2, 0.25) is 0 Å². The predicted octanol–water partition coefficient (Wildman–Crippen LogP) is 2.66. The van der Waals surface area contributed by atoms with E-state index in [-0.39, 0.29) is 0 Å². The number of rotatable bonds is 4. The second kappa shape index (κ2) is 6.10. The molecule has 0 aromatic carbocycles. The number of hydrogen-bond acceptors (Lipinski definition) is 6. The molecule has 4 rings (SSSR count). The molecule has 2 aromatic heterocycles. The van der Waals surface area contributed by atoms with Gasteiger partial charge in [0.2, 0.25) is 0 Å². The Morgan fingerprint density at radius 2 is 2.18 bits per heavy atom. The maximum atomic E-state index is 5.48. The minimum absolute atomic E-state index is 0.632. The van der Waals surface area contributed by atoms with Gasteiger partial charge in [0.1, 0.15) is 17.0 Å². The number of aromatic nitrogens is 2. The number of anilines is 1. The van der Waals surface area contributed by atoms with Gasteiger partial charge in [0.05, 0.1) is 5.39 Å². The number of hydrogen-bond donors (Lipinski definition) is 1. The molecule has 118 valence electrons. The van der Waals surface area contributed by atoms with E-state index < -0.39 is 0 Å². The van der Waals surface area contributed by atoms with Crippen molar-refractivity contribution in [3.05, 3.63) is 17.3 Å². The molecule has 0 spiro atoms. The standard InChI is InChI=1S/C16H22N4OS/c1-11-9-22-16-14(11)15(18-10-19-16)17-8-13-2-5-20(13)12-3-6-21-7-4-12/h9-10,12-13H,2-8H2,1H3,(H,17,18,19). The molecule has 0 aliphatic carbocycles. The normalized spacial score (nSPS) is 23.6. The van der Waals surface area contributed by atoms with Crippen molar-refractivity contribution in [2.24, 2.45) is 0 Å². The largest absolute Gasteiger partial charge is 0.381 e. The van der Waals surface area contributed by atoms with E-state index in [1.54, 1.807) is 17.7 Å². The van der Waals surface area contributed by atoms with Gasteiger partial charge in [0.25, 0.3) is 0 Å². The maximum absolute atomic E-state index is 5.48. The number of nitrogens with one attached hydrogen (secondary N) is 1. The average molecular weight is 318 g/mol. The Bertz CT molecular complexity index is 653. The SMILES string of the molecule is Cc1csc2ncnc(NCC3CCN3C3CCOCC3)c12. The summed E-state index contributed by atoms with van der Waals surface area (Å²) in [7, 11) is 0. The minimum Gasteiger partial charge on any atom is -0.381 e. The van der Waals surface area contributed by atoms with Crippen molar-refractivity contribution in [1.82, 2.24) is 14.9 Å². The van der Waals surface area contributed by atoms with E-state index in [4.69, 9.17) is 4.74 Å². The third kappa shape index (κ3) is 2.59. The molecule has 0 radical (unpaired) electrons. The molecule has 2 aliphatic heterocycles. The van der Waals surface area contributed by atoms with Crippen LogP contribution in [0.25, 0.3) is 10.2 Å². The van der Waals surface area contributed by atoms with E-state index in [9.17, 15) is 0 Å². The van der Waals surface area contributed by atoms with Gasteiger partial charge in [-0.25, -0.2) is 9.97 Å². The molecule has 5 nitrogen and oxygen atoms in total. The summed E-state index contributed by atoms with van der Waals surface area (Å²) in [5, 5.41) is 6.91. The molecule has 1 unspecified atom stereocenters. The molecule has 1 atom stereocenters. The van der Waals surface area contributed by atoms with E-state index in [0.29, 0.717) is 12.1 Å². The molecule has 2 aromatic rings. The van der Waals surface area contributed by atoms with Gasteiger partial charge >= 0.3 is 0 Å². The first kappa shape index (κ1) is 14.4. The Morgan fingerprint density at radius 1 is 1.32 bits per heavy atom. The number of fused-ring (bicyclic) bond motifs is 1. The van der Waals surface area contributed by atoms with E-state index in [1.807, 2.05) is 0 Å². The smallest absolute Gasteiger partial charge is 0.138 e. The van der Waals surface area contributed by atoms with Crippen LogP contribution >= 0.6 is 11.3 Å². The van der Waals surface area contributed by atoms with E-state index >= 15 is 0 Å². The molecule has 6 heteroatoms. The first-order valence-electron chi connectivity index (χ1n) is 8.09. The molecule has 0 amide bonds. The van der Waals surface area contributed by atoms with Crippen molar-refractivity contribution in [3.63, 3.8) is 0 Å². The lowest BCUT2D eigenvalue weighted by Crippen LogP contribution is -2.57. The van der Waals surface area contributed by atoms with Crippen LogP contribution in [0.5, 0.6) is 0 Å². The van der Waals surface area contributed by atoms with Gasteiger partial charge in [-0.05, 0) is 37.1 Å². The molecule has 22 heavy (non-hydrogen) atoms. The van der Waals surface area contributed by atoms with Gasteiger partial charge in [-0.2, -0.15) is 0 Å². The lowest BCUT2D eigenvalue weighted by Gasteiger charge is -2.47. The fourth-order valence-electron chi connectivity index (χ4n) is 3.54. The Labute approximate surface area is 134 Å². The van der Waals surface area contributed by atoms with Crippen LogP contribution in [-0.2, 0) is 4.74 Å².